The summed E-state index contributed by atoms with van der Waals surface area (Å²) in [6, 6.07) is -0.691. The minimum atomic E-state index is -1.76. The molecule has 2 fully saturated rings. The highest BCUT2D eigenvalue weighted by Crippen LogP contribution is 2.50. The van der Waals surface area contributed by atoms with Crippen LogP contribution < -0.4 is 5.32 Å². The van der Waals surface area contributed by atoms with Gasteiger partial charge in [-0.25, -0.2) is 0 Å². The summed E-state index contributed by atoms with van der Waals surface area (Å²) in [4.78, 5) is 37.5. The summed E-state index contributed by atoms with van der Waals surface area (Å²) in [6.45, 7) is 2.37. The minimum absolute atomic E-state index is 0.00926. The molecule has 2 rings (SSSR count). The van der Waals surface area contributed by atoms with E-state index in [4.69, 9.17) is 39.5 Å². The van der Waals surface area contributed by atoms with Gasteiger partial charge in [-0.15, -0.1) is 0 Å². The predicted molar refractivity (Wildman–Crippen MR) is 90.8 cm³/mol. The van der Waals surface area contributed by atoms with E-state index in [9.17, 15) is 19.5 Å². The van der Waals surface area contributed by atoms with Crippen molar-refractivity contribution in [2.45, 2.75) is 29.1 Å². The van der Waals surface area contributed by atoms with Gasteiger partial charge in [0.1, 0.15) is 23.4 Å². The van der Waals surface area contributed by atoms with Gasteiger partial charge in [0.25, 0.3) is 0 Å². The van der Waals surface area contributed by atoms with E-state index in [0.29, 0.717) is 4.91 Å². The van der Waals surface area contributed by atoms with Gasteiger partial charge in [-0.2, -0.15) is 0 Å². The predicted octanol–water partition coefficient (Wildman–Crippen LogP) is 1.73. The fraction of sp³-hybridized carbons (Fsp3) is 0.615. The summed E-state index contributed by atoms with van der Waals surface area (Å²) in [7, 11) is 0. The lowest BCUT2D eigenvalue weighted by Crippen LogP contribution is -2.73. The maximum atomic E-state index is 12.4. The minimum Gasteiger partial charge on any atom is -0.515 e. The molecule has 2 heterocycles. The van der Waals surface area contributed by atoms with E-state index in [1.54, 1.807) is 0 Å². The fourth-order valence-electron chi connectivity index (χ4n) is 2.50. The normalized spacial score (nSPS) is 31.3. The largest absolute Gasteiger partial charge is 0.515 e. The Morgan fingerprint density at radius 2 is 2.17 bits per heavy atom. The lowest BCUT2D eigenvalue weighted by Gasteiger charge is -2.53. The number of nitrogens with zero attached hydrogens (tertiary/aromatic N) is 1. The van der Waals surface area contributed by atoms with Crippen molar-refractivity contribution in [3.8, 4) is 0 Å². The van der Waals surface area contributed by atoms with Crippen molar-refractivity contribution in [1.29, 1.82) is 0 Å². The maximum Gasteiger partial charge on any atom is 0.318 e. The van der Waals surface area contributed by atoms with Crippen LogP contribution in [-0.2, 0) is 19.1 Å². The highest BCUT2D eigenvalue weighted by molar-refractivity contribution is 8.03. The number of aliphatic hydroxyl groups excluding tert-OH is 1. The molecule has 0 saturated carbocycles. The summed E-state index contributed by atoms with van der Waals surface area (Å²) in [5.41, 5.74) is -1.29. The first kappa shape index (κ1) is 19.5. The number of amides is 2. The van der Waals surface area contributed by atoms with Crippen LogP contribution in [0.4, 0.5) is 0 Å². The second kappa shape index (κ2) is 6.82. The van der Waals surface area contributed by atoms with Crippen LogP contribution in [0.25, 0.3) is 0 Å². The number of rotatable bonds is 3. The fourth-order valence-corrected chi connectivity index (χ4v) is 4.02. The second-order valence-electron chi connectivity index (χ2n) is 5.67. The number of halogens is 3. The first-order valence-electron chi connectivity index (χ1n) is 6.82. The third kappa shape index (κ3) is 3.71. The van der Waals surface area contributed by atoms with Crippen LogP contribution in [0.3, 0.4) is 0 Å². The van der Waals surface area contributed by atoms with E-state index in [2.05, 4.69) is 5.32 Å². The molecule has 0 aromatic carbocycles. The van der Waals surface area contributed by atoms with E-state index >= 15 is 0 Å². The summed E-state index contributed by atoms with van der Waals surface area (Å²) in [5.74, 6) is -1.37. The van der Waals surface area contributed by atoms with E-state index in [1.807, 2.05) is 0 Å². The van der Waals surface area contributed by atoms with Crippen molar-refractivity contribution in [2.75, 3.05) is 13.2 Å². The van der Waals surface area contributed by atoms with Gasteiger partial charge in [0, 0.05) is 18.4 Å². The Morgan fingerprint density at radius 3 is 2.67 bits per heavy atom. The highest BCUT2D eigenvalue weighted by atomic mass is 35.6. The van der Waals surface area contributed by atoms with Gasteiger partial charge in [-0.3, -0.25) is 14.4 Å². The molecule has 0 bridgehead atoms. The monoisotopic (exact) mass is 416 g/mol. The number of hydrogen-bond acceptors (Lipinski definition) is 6. The number of β-lactam (4-membered cyclic amide) rings is 1. The molecule has 0 spiro atoms. The molecular weight excluding hydrogens is 403 g/mol. The smallest absolute Gasteiger partial charge is 0.318 e. The molecule has 7 nitrogen and oxygen atoms in total. The van der Waals surface area contributed by atoms with Crippen molar-refractivity contribution in [3.63, 3.8) is 0 Å². The van der Waals surface area contributed by atoms with Crippen molar-refractivity contribution in [2.24, 2.45) is 5.41 Å². The van der Waals surface area contributed by atoms with E-state index in [-0.39, 0.29) is 18.4 Å². The van der Waals surface area contributed by atoms with Crippen LogP contribution in [0, 0.1) is 5.41 Å². The molecule has 2 aliphatic rings. The zero-order valence-electron chi connectivity index (χ0n) is 12.7. The number of thioether (sulfide) groups is 1. The van der Waals surface area contributed by atoms with Crippen LogP contribution in [0.2, 0.25) is 0 Å². The molecule has 2 N–H and O–H groups in total. The van der Waals surface area contributed by atoms with Crippen LogP contribution in [0.1, 0.15) is 13.8 Å². The Hall–Kier alpha value is -0.830. The Balaban J connectivity index is 2.15. The van der Waals surface area contributed by atoms with E-state index in [0.717, 1.165) is 18.0 Å². The van der Waals surface area contributed by atoms with Gasteiger partial charge in [0.15, 0.2) is 0 Å². The lowest BCUT2D eigenvalue weighted by molar-refractivity contribution is -0.160. The molecule has 2 amide bonds. The van der Waals surface area contributed by atoms with Crippen LogP contribution in [0.15, 0.2) is 11.2 Å². The molecule has 134 valence electrons. The number of carbonyl (C=O) groups is 3. The molecule has 2 unspecified atom stereocenters. The number of nitrogens with one attached hydrogen (secondary N) is 1. The number of aliphatic hydroxyl groups is 1. The molecule has 2 aliphatic heterocycles. The number of alkyl halides is 3. The van der Waals surface area contributed by atoms with Gasteiger partial charge >= 0.3 is 5.97 Å². The first-order chi connectivity index (χ1) is 11.0. The Kier molecular flexibility index (Phi) is 5.54. The van der Waals surface area contributed by atoms with Crippen LogP contribution in [0.5, 0.6) is 0 Å². The molecule has 3 atom stereocenters. The second-order valence-corrected chi connectivity index (χ2v) is 9.34. The Morgan fingerprint density at radius 1 is 1.54 bits per heavy atom. The molecule has 2 saturated heterocycles. The van der Waals surface area contributed by atoms with Gasteiger partial charge in [0.05, 0.1) is 6.26 Å². The van der Waals surface area contributed by atoms with E-state index < -0.39 is 33.2 Å². The van der Waals surface area contributed by atoms with Crippen molar-refractivity contribution in [1.82, 2.24) is 10.2 Å². The number of ether oxygens (including phenoxy) is 1. The average molecular weight is 418 g/mol. The topological polar surface area (TPSA) is 95.9 Å². The summed E-state index contributed by atoms with van der Waals surface area (Å²) >= 11 is 17.8. The van der Waals surface area contributed by atoms with Gasteiger partial charge in [-0.1, -0.05) is 46.6 Å². The number of esters is 1. The average Bonchev–Trinajstić information content (AvgIpc) is 2.49. The van der Waals surface area contributed by atoms with Gasteiger partial charge in [-0.05, 0) is 6.92 Å². The Labute approximate surface area is 157 Å². The number of carbonyl (C=O) groups excluding carboxylic acids is 3. The molecule has 24 heavy (non-hydrogen) atoms. The molecule has 0 aromatic rings. The SMILES string of the molecule is CC(=O)NC1C(=O)N2CC(C)(C(=O)OCC(Cl)(Cl)Cl)C(=CO)S[C@H]12. The Bertz CT molecular complexity index is 609. The quantitative estimate of drug-likeness (QED) is 0.314. The summed E-state index contributed by atoms with van der Waals surface area (Å²) < 4.78 is 3.25. The first-order valence-corrected chi connectivity index (χ1v) is 8.84. The zero-order chi connectivity index (χ0) is 18.3. The zero-order valence-corrected chi connectivity index (χ0v) is 15.8. The molecule has 0 aliphatic carbocycles. The van der Waals surface area contributed by atoms with E-state index in [1.165, 1.54) is 18.7 Å². The standard InChI is InChI=1S/C13H15Cl3N2O5S/c1-6(20)17-8-9(21)18-4-12(2,7(3-19)24-10(8)18)11(22)23-5-13(14,15)16/h3,8,10,19H,4-5H2,1-2H3,(H,17,20)/t8?,10-,12?/m1/s1. The van der Waals surface area contributed by atoms with Crippen molar-refractivity contribution >= 4 is 64.3 Å². The van der Waals surface area contributed by atoms with Gasteiger partial charge < -0.3 is 20.1 Å². The third-order valence-electron chi connectivity index (χ3n) is 3.71. The van der Waals surface area contributed by atoms with Crippen molar-refractivity contribution < 1.29 is 24.2 Å². The number of hydrogen-bond donors (Lipinski definition) is 2. The third-order valence-corrected chi connectivity index (χ3v) is 5.62. The van der Waals surface area contributed by atoms with Crippen LogP contribution >= 0.6 is 46.6 Å². The van der Waals surface area contributed by atoms with Crippen molar-refractivity contribution in [3.05, 3.63) is 11.2 Å². The summed E-state index contributed by atoms with van der Waals surface area (Å²) in [6.07, 6.45) is 0.798. The molecule has 0 radical (unpaired) electrons. The highest BCUT2D eigenvalue weighted by Gasteiger charge is 2.58. The van der Waals surface area contributed by atoms with Crippen LogP contribution in [-0.4, -0.2) is 56.1 Å². The number of fused-ring (bicyclic) bond motifs is 1. The molecular formula is C13H15Cl3N2O5S. The molecule has 11 heteroatoms. The lowest BCUT2D eigenvalue weighted by atomic mass is 9.87. The van der Waals surface area contributed by atoms with Gasteiger partial charge in [0.2, 0.25) is 15.6 Å². The maximum absolute atomic E-state index is 12.4. The summed E-state index contributed by atoms with van der Waals surface area (Å²) in [5, 5.41) is 11.7. The molecule has 0 aromatic heterocycles.